The zero-order valence-corrected chi connectivity index (χ0v) is 17.5. The van der Waals surface area contributed by atoms with Crippen LogP contribution in [0.25, 0.3) is 6.08 Å². The van der Waals surface area contributed by atoms with Crippen LogP contribution in [0.3, 0.4) is 0 Å². The van der Waals surface area contributed by atoms with E-state index in [0.29, 0.717) is 28.0 Å². The van der Waals surface area contributed by atoms with Gasteiger partial charge in [-0.25, -0.2) is 4.79 Å². The molecule has 0 spiro atoms. The van der Waals surface area contributed by atoms with Gasteiger partial charge in [0.05, 0.1) is 19.2 Å². The van der Waals surface area contributed by atoms with E-state index in [1.165, 1.54) is 26.7 Å². The van der Waals surface area contributed by atoms with Crippen LogP contribution >= 0.6 is 11.6 Å². The standard InChI is InChI=1S/C21H28ClNO5/c1-13-7-5-6-8-17(13)23-21(25)14(2)28-19(24)10-9-15-11-16(22)20(27-4)18(12-15)26-3/h9-14,17H,5-8H2,1-4H3,(H,23,25)/b10-9+/t13-,14+,17-/m0/s1. The number of benzene rings is 1. The first-order valence-electron chi connectivity index (χ1n) is 9.46. The molecule has 0 unspecified atom stereocenters. The maximum Gasteiger partial charge on any atom is 0.331 e. The van der Waals surface area contributed by atoms with E-state index < -0.39 is 12.1 Å². The molecule has 1 amide bonds. The molecule has 1 aliphatic rings. The molecular weight excluding hydrogens is 382 g/mol. The fourth-order valence-electron chi connectivity index (χ4n) is 3.30. The molecule has 0 saturated heterocycles. The van der Waals surface area contributed by atoms with Gasteiger partial charge in [0.2, 0.25) is 0 Å². The fraction of sp³-hybridized carbons (Fsp3) is 0.524. The van der Waals surface area contributed by atoms with Gasteiger partial charge in [0, 0.05) is 12.1 Å². The molecule has 0 radical (unpaired) electrons. The molecule has 1 saturated carbocycles. The van der Waals surface area contributed by atoms with E-state index in [-0.39, 0.29) is 11.9 Å². The SMILES string of the molecule is COc1cc(/C=C/C(=O)O[C@H](C)C(=O)N[C@H]2CCCC[C@@H]2C)cc(Cl)c1OC. The molecule has 3 atom stereocenters. The third kappa shape index (κ3) is 5.89. The average molecular weight is 410 g/mol. The summed E-state index contributed by atoms with van der Waals surface area (Å²) in [6.07, 6.45) is 6.32. The van der Waals surface area contributed by atoms with E-state index in [9.17, 15) is 9.59 Å². The zero-order valence-electron chi connectivity index (χ0n) is 16.8. The monoisotopic (exact) mass is 409 g/mol. The largest absolute Gasteiger partial charge is 0.493 e. The number of rotatable bonds is 7. The minimum absolute atomic E-state index is 0.145. The lowest BCUT2D eigenvalue weighted by atomic mass is 9.86. The highest BCUT2D eigenvalue weighted by Gasteiger charge is 2.26. The molecule has 2 rings (SSSR count). The van der Waals surface area contributed by atoms with Gasteiger partial charge in [0.15, 0.2) is 17.6 Å². The molecule has 1 fully saturated rings. The van der Waals surface area contributed by atoms with Crippen LogP contribution in [0.15, 0.2) is 18.2 Å². The van der Waals surface area contributed by atoms with Crippen molar-refractivity contribution in [1.82, 2.24) is 5.32 Å². The molecule has 7 heteroatoms. The topological polar surface area (TPSA) is 73.9 Å². The molecular formula is C21H28ClNO5. The van der Waals surface area contributed by atoms with Crippen molar-refractivity contribution in [2.45, 2.75) is 51.7 Å². The van der Waals surface area contributed by atoms with E-state index >= 15 is 0 Å². The predicted molar refractivity (Wildman–Crippen MR) is 109 cm³/mol. The van der Waals surface area contributed by atoms with Crippen LogP contribution in [-0.4, -0.2) is 38.2 Å². The Morgan fingerprint density at radius 1 is 1.21 bits per heavy atom. The lowest BCUT2D eigenvalue weighted by Gasteiger charge is -2.30. The fourth-order valence-corrected chi connectivity index (χ4v) is 3.59. The minimum atomic E-state index is -0.861. The molecule has 0 aromatic heterocycles. The first-order chi connectivity index (χ1) is 13.3. The third-order valence-corrected chi connectivity index (χ3v) is 5.25. The number of amides is 1. The second-order valence-corrected chi connectivity index (χ2v) is 7.43. The maximum atomic E-state index is 12.3. The number of esters is 1. The normalized spacial score (nSPS) is 20.5. The number of halogens is 1. The van der Waals surface area contributed by atoms with E-state index in [1.54, 1.807) is 25.1 Å². The quantitative estimate of drug-likeness (QED) is 0.544. The summed E-state index contributed by atoms with van der Waals surface area (Å²) in [7, 11) is 3.00. The Bertz CT molecular complexity index is 734. The first-order valence-corrected chi connectivity index (χ1v) is 9.84. The highest BCUT2D eigenvalue weighted by molar-refractivity contribution is 6.32. The van der Waals surface area contributed by atoms with Crippen LogP contribution in [-0.2, 0) is 14.3 Å². The van der Waals surface area contributed by atoms with Crippen molar-refractivity contribution in [2.24, 2.45) is 5.92 Å². The summed E-state index contributed by atoms with van der Waals surface area (Å²) >= 11 is 6.15. The van der Waals surface area contributed by atoms with Gasteiger partial charge in [0.1, 0.15) is 0 Å². The number of hydrogen-bond acceptors (Lipinski definition) is 5. The van der Waals surface area contributed by atoms with Gasteiger partial charge in [-0.1, -0.05) is 31.4 Å². The highest BCUT2D eigenvalue weighted by Crippen LogP contribution is 2.36. The second kappa shape index (κ2) is 10.4. The Morgan fingerprint density at radius 3 is 2.57 bits per heavy atom. The van der Waals surface area contributed by atoms with Crippen molar-refractivity contribution in [3.63, 3.8) is 0 Å². The number of hydrogen-bond donors (Lipinski definition) is 1. The number of ether oxygens (including phenoxy) is 3. The number of carbonyl (C=O) groups is 2. The van der Waals surface area contributed by atoms with Crippen molar-refractivity contribution >= 4 is 29.6 Å². The number of methoxy groups -OCH3 is 2. The highest BCUT2D eigenvalue weighted by atomic mass is 35.5. The number of carbonyl (C=O) groups excluding carboxylic acids is 2. The Labute approximate surface area is 171 Å². The van der Waals surface area contributed by atoms with Crippen LogP contribution in [0.2, 0.25) is 5.02 Å². The lowest BCUT2D eigenvalue weighted by Crippen LogP contribution is -2.45. The van der Waals surface area contributed by atoms with Crippen LogP contribution < -0.4 is 14.8 Å². The van der Waals surface area contributed by atoms with Gasteiger partial charge in [-0.3, -0.25) is 4.79 Å². The van der Waals surface area contributed by atoms with Crippen LogP contribution in [0.1, 0.15) is 45.1 Å². The molecule has 0 aliphatic heterocycles. The third-order valence-electron chi connectivity index (χ3n) is 4.97. The Morgan fingerprint density at radius 2 is 1.93 bits per heavy atom. The van der Waals surface area contributed by atoms with E-state index in [0.717, 1.165) is 19.3 Å². The van der Waals surface area contributed by atoms with Crippen LogP contribution in [0, 0.1) is 5.92 Å². The molecule has 0 bridgehead atoms. The van der Waals surface area contributed by atoms with Crippen molar-refractivity contribution in [1.29, 1.82) is 0 Å². The van der Waals surface area contributed by atoms with Crippen molar-refractivity contribution < 1.29 is 23.8 Å². The molecule has 6 nitrogen and oxygen atoms in total. The van der Waals surface area contributed by atoms with E-state index in [2.05, 4.69) is 12.2 Å². The van der Waals surface area contributed by atoms with E-state index in [1.807, 2.05) is 0 Å². The summed E-state index contributed by atoms with van der Waals surface area (Å²) in [5, 5.41) is 3.36. The number of nitrogens with one attached hydrogen (secondary N) is 1. The summed E-state index contributed by atoms with van der Waals surface area (Å²) < 4.78 is 15.6. The Balaban J connectivity index is 1.93. The van der Waals surface area contributed by atoms with Gasteiger partial charge in [-0.2, -0.15) is 0 Å². The first kappa shape index (κ1) is 22.1. The van der Waals surface area contributed by atoms with Crippen LogP contribution in [0.4, 0.5) is 0 Å². The van der Waals surface area contributed by atoms with Gasteiger partial charge in [-0.15, -0.1) is 0 Å². The smallest absolute Gasteiger partial charge is 0.331 e. The summed E-state index contributed by atoms with van der Waals surface area (Å²) in [6, 6.07) is 3.48. The lowest BCUT2D eigenvalue weighted by molar-refractivity contribution is -0.150. The van der Waals surface area contributed by atoms with E-state index in [4.69, 9.17) is 25.8 Å². The predicted octanol–water partition coefficient (Wildman–Crippen LogP) is 4.00. The average Bonchev–Trinajstić information content (AvgIpc) is 2.67. The Kier molecular flexibility index (Phi) is 8.18. The zero-order chi connectivity index (χ0) is 20.7. The van der Waals surface area contributed by atoms with Gasteiger partial charge >= 0.3 is 5.97 Å². The Hall–Kier alpha value is -2.21. The summed E-state index contributed by atoms with van der Waals surface area (Å²) in [4.78, 5) is 24.4. The molecule has 1 aliphatic carbocycles. The molecule has 1 aromatic rings. The minimum Gasteiger partial charge on any atom is -0.493 e. The van der Waals surface area contributed by atoms with Crippen LogP contribution in [0.5, 0.6) is 11.5 Å². The summed E-state index contributed by atoms with van der Waals surface area (Å²) in [6.45, 7) is 3.71. The molecule has 28 heavy (non-hydrogen) atoms. The van der Waals surface area contributed by atoms with Crippen molar-refractivity contribution in [3.8, 4) is 11.5 Å². The summed E-state index contributed by atoms with van der Waals surface area (Å²) in [5.74, 6) is 0.443. The van der Waals surface area contributed by atoms with Gasteiger partial charge < -0.3 is 19.5 Å². The van der Waals surface area contributed by atoms with Crippen molar-refractivity contribution in [3.05, 3.63) is 28.8 Å². The summed E-state index contributed by atoms with van der Waals surface area (Å²) in [5.41, 5.74) is 0.646. The maximum absolute atomic E-state index is 12.3. The molecule has 1 aromatic carbocycles. The molecule has 0 heterocycles. The molecule has 1 N–H and O–H groups in total. The molecule has 154 valence electrons. The second-order valence-electron chi connectivity index (χ2n) is 7.03. The van der Waals surface area contributed by atoms with Crippen molar-refractivity contribution in [2.75, 3.05) is 14.2 Å². The van der Waals surface area contributed by atoms with Gasteiger partial charge in [-0.05, 0) is 49.5 Å². The van der Waals surface area contributed by atoms with Gasteiger partial charge in [0.25, 0.3) is 5.91 Å².